The fraction of sp³-hybridized carbons (Fsp3) is 0.647. The number of rotatable bonds is 4. The SMILES string of the molecule is CC(C)C1COC(=O)N1C1CCN(C(=O)c2scc(S(C)(=O)=O)c2Cl)CC1. The van der Waals surface area contributed by atoms with Gasteiger partial charge in [0.1, 0.15) is 11.5 Å². The van der Waals surface area contributed by atoms with Gasteiger partial charge in [0.25, 0.3) is 5.91 Å². The van der Waals surface area contributed by atoms with Crippen LogP contribution in [0.15, 0.2) is 10.3 Å². The third-order valence-corrected chi connectivity index (χ3v) is 8.01. The number of ether oxygens (including phenoxy) is 1. The Labute approximate surface area is 168 Å². The van der Waals surface area contributed by atoms with Gasteiger partial charge in [0.05, 0.1) is 16.0 Å². The summed E-state index contributed by atoms with van der Waals surface area (Å²) in [6.07, 6.45) is 2.11. The molecule has 0 aliphatic carbocycles. The third-order valence-electron chi connectivity index (χ3n) is 5.15. The number of nitrogens with zero attached hydrogens (tertiary/aromatic N) is 2. The molecule has 27 heavy (non-hydrogen) atoms. The minimum atomic E-state index is -3.47. The average Bonchev–Trinajstić information content (AvgIpc) is 3.17. The Morgan fingerprint density at radius 3 is 2.48 bits per heavy atom. The van der Waals surface area contributed by atoms with Gasteiger partial charge < -0.3 is 9.64 Å². The Morgan fingerprint density at radius 2 is 1.96 bits per heavy atom. The van der Waals surface area contributed by atoms with Crippen molar-refractivity contribution in [2.24, 2.45) is 5.92 Å². The maximum absolute atomic E-state index is 12.8. The summed E-state index contributed by atoms with van der Waals surface area (Å²) in [4.78, 5) is 28.6. The number of hydrogen-bond acceptors (Lipinski definition) is 6. The topological polar surface area (TPSA) is 84.0 Å². The molecule has 3 heterocycles. The van der Waals surface area contributed by atoms with Gasteiger partial charge in [-0.2, -0.15) is 0 Å². The first-order chi connectivity index (χ1) is 12.6. The molecule has 0 aromatic carbocycles. The number of piperidine rings is 1. The van der Waals surface area contributed by atoms with Crippen molar-refractivity contribution in [3.8, 4) is 0 Å². The van der Waals surface area contributed by atoms with Crippen molar-refractivity contribution in [1.82, 2.24) is 9.80 Å². The molecule has 1 unspecified atom stereocenters. The lowest BCUT2D eigenvalue weighted by Crippen LogP contribution is -2.50. The minimum absolute atomic E-state index is 0.00221. The summed E-state index contributed by atoms with van der Waals surface area (Å²) in [6.45, 7) is 5.52. The largest absolute Gasteiger partial charge is 0.447 e. The number of amides is 2. The second kappa shape index (κ2) is 7.60. The molecule has 0 radical (unpaired) electrons. The molecule has 2 saturated heterocycles. The van der Waals surface area contributed by atoms with E-state index in [2.05, 4.69) is 13.8 Å². The van der Waals surface area contributed by atoms with Crippen LogP contribution in [0.5, 0.6) is 0 Å². The molecule has 1 aromatic rings. The Hall–Kier alpha value is -1.32. The highest BCUT2D eigenvalue weighted by molar-refractivity contribution is 7.91. The standard InChI is InChI=1S/C17H23ClN2O5S2/c1-10(2)12-8-25-17(22)20(12)11-4-6-19(7-5-11)16(21)15-14(18)13(9-26-15)27(3,23)24/h9-12H,4-8H2,1-3H3. The lowest BCUT2D eigenvalue weighted by atomic mass is 9.97. The summed E-state index contributed by atoms with van der Waals surface area (Å²) < 4.78 is 28.7. The number of carbonyl (C=O) groups excluding carboxylic acids is 2. The van der Waals surface area contributed by atoms with E-state index in [-0.39, 0.29) is 38.9 Å². The van der Waals surface area contributed by atoms with Crippen LogP contribution in [0.25, 0.3) is 0 Å². The Bertz CT molecular complexity index is 844. The van der Waals surface area contributed by atoms with E-state index in [4.69, 9.17) is 16.3 Å². The van der Waals surface area contributed by atoms with Crippen LogP contribution in [-0.2, 0) is 14.6 Å². The summed E-state index contributed by atoms with van der Waals surface area (Å²) >= 11 is 7.19. The Morgan fingerprint density at radius 1 is 1.33 bits per heavy atom. The number of sulfone groups is 1. The second-order valence-electron chi connectivity index (χ2n) is 7.33. The molecular formula is C17H23ClN2O5S2. The van der Waals surface area contributed by atoms with E-state index in [9.17, 15) is 18.0 Å². The summed E-state index contributed by atoms with van der Waals surface area (Å²) in [6, 6.07) is 0.107. The normalized spacial score (nSPS) is 21.8. The van der Waals surface area contributed by atoms with Crippen LogP contribution < -0.4 is 0 Å². The van der Waals surface area contributed by atoms with Crippen LogP contribution in [0.2, 0.25) is 5.02 Å². The molecule has 2 amide bonds. The van der Waals surface area contributed by atoms with Crippen LogP contribution in [0.3, 0.4) is 0 Å². The fourth-order valence-electron chi connectivity index (χ4n) is 3.59. The van der Waals surface area contributed by atoms with E-state index in [1.807, 2.05) is 4.90 Å². The molecule has 3 rings (SSSR count). The maximum Gasteiger partial charge on any atom is 0.410 e. The predicted octanol–water partition coefficient (Wildman–Crippen LogP) is 2.89. The van der Waals surface area contributed by atoms with Crippen LogP contribution >= 0.6 is 22.9 Å². The van der Waals surface area contributed by atoms with Gasteiger partial charge in [0.2, 0.25) is 0 Å². The molecule has 150 valence electrons. The van der Waals surface area contributed by atoms with E-state index < -0.39 is 9.84 Å². The van der Waals surface area contributed by atoms with Crippen molar-refractivity contribution < 1.29 is 22.7 Å². The molecule has 0 saturated carbocycles. The van der Waals surface area contributed by atoms with Gasteiger partial charge in [0, 0.05) is 30.8 Å². The minimum Gasteiger partial charge on any atom is -0.447 e. The van der Waals surface area contributed by atoms with Gasteiger partial charge in [-0.3, -0.25) is 9.69 Å². The van der Waals surface area contributed by atoms with Crippen LogP contribution in [0.4, 0.5) is 4.79 Å². The smallest absolute Gasteiger partial charge is 0.410 e. The van der Waals surface area contributed by atoms with E-state index in [0.717, 1.165) is 17.6 Å². The van der Waals surface area contributed by atoms with E-state index >= 15 is 0 Å². The average molecular weight is 435 g/mol. The molecule has 1 atom stereocenters. The van der Waals surface area contributed by atoms with E-state index in [0.29, 0.717) is 38.5 Å². The van der Waals surface area contributed by atoms with Crippen molar-refractivity contribution in [1.29, 1.82) is 0 Å². The molecule has 0 spiro atoms. The summed E-state index contributed by atoms with van der Waals surface area (Å²) in [5, 5.41) is 1.41. The number of likely N-dealkylation sites (tertiary alicyclic amines) is 1. The Balaban J connectivity index is 1.68. The second-order valence-corrected chi connectivity index (χ2v) is 10.6. The zero-order valence-corrected chi connectivity index (χ0v) is 17.9. The maximum atomic E-state index is 12.8. The van der Waals surface area contributed by atoms with Crippen LogP contribution in [-0.4, -0.2) is 68.3 Å². The van der Waals surface area contributed by atoms with Crippen molar-refractivity contribution in [3.05, 3.63) is 15.3 Å². The highest BCUT2D eigenvalue weighted by Gasteiger charge is 2.41. The predicted molar refractivity (Wildman–Crippen MR) is 103 cm³/mol. The summed E-state index contributed by atoms with van der Waals surface area (Å²) in [5.41, 5.74) is 0. The quantitative estimate of drug-likeness (QED) is 0.727. The molecule has 1 aromatic heterocycles. The number of halogens is 1. The first-order valence-corrected chi connectivity index (χ1v) is 12.0. The van der Waals surface area contributed by atoms with Crippen molar-refractivity contribution in [3.63, 3.8) is 0 Å². The van der Waals surface area contributed by atoms with Crippen LogP contribution in [0.1, 0.15) is 36.4 Å². The fourth-order valence-corrected chi connectivity index (χ4v) is 6.47. The Kier molecular flexibility index (Phi) is 5.74. The van der Waals surface area contributed by atoms with E-state index in [1.54, 1.807) is 4.90 Å². The summed E-state index contributed by atoms with van der Waals surface area (Å²) in [5.74, 6) is 0.0400. The van der Waals surface area contributed by atoms with Gasteiger partial charge in [0.15, 0.2) is 9.84 Å². The number of thiophene rings is 1. The zero-order valence-electron chi connectivity index (χ0n) is 15.5. The highest BCUT2D eigenvalue weighted by atomic mass is 35.5. The molecule has 7 nitrogen and oxygen atoms in total. The molecule has 10 heteroatoms. The third kappa shape index (κ3) is 3.95. The number of carbonyl (C=O) groups is 2. The number of cyclic esters (lactones) is 1. The molecular weight excluding hydrogens is 412 g/mol. The lowest BCUT2D eigenvalue weighted by molar-refractivity contribution is 0.0624. The van der Waals surface area contributed by atoms with Gasteiger partial charge >= 0.3 is 6.09 Å². The molecule has 2 aliphatic rings. The van der Waals surface area contributed by atoms with Gasteiger partial charge in [-0.05, 0) is 18.8 Å². The van der Waals surface area contributed by atoms with Gasteiger partial charge in [-0.25, -0.2) is 13.2 Å². The highest BCUT2D eigenvalue weighted by Crippen LogP contribution is 2.34. The summed E-state index contributed by atoms with van der Waals surface area (Å²) in [7, 11) is -3.47. The monoisotopic (exact) mass is 434 g/mol. The lowest BCUT2D eigenvalue weighted by Gasteiger charge is -2.38. The van der Waals surface area contributed by atoms with Crippen LogP contribution in [0, 0.1) is 5.92 Å². The molecule has 0 N–H and O–H groups in total. The zero-order chi connectivity index (χ0) is 19.9. The van der Waals surface area contributed by atoms with Gasteiger partial charge in [-0.1, -0.05) is 25.4 Å². The van der Waals surface area contributed by atoms with Gasteiger partial charge in [-0.15, -0.1) is 11.3 Å². The van der Waals surface area contributed by atoms with Crippen molar-refractivity contribution in [2.45, 2.75) is 43.7 Å². The van der Waals surface area contributed by atoms with Crippen molar-refractivity contribution in [2.75, 3.05) is 26.0 Å². The molecule has 2 fully saturated rings. The van der Waals surface area contributed by atoms with E-state index in [1.165, 1.54) is 5.38 Å². The molecule has 0 bridgehead atoms. The molecule has 2 aliphatic heterocycles. The first-order valence-electron chi connectivity index (χ1n) is 8.82. The van der Waals surface area contributed by atoms with Crippen molar-refractivity contribution >= 4 is 44.8 Å². The number of hydrogen-bond donors (Lipinski definition) is 0. The first kappa shape index (κ1) is 20.4.